The van der Waals surface area contributed by atoms with Crippen molar-refractivity contribution in [1.82, 2.24) is 14.7 Å². The minimum atomic E-state index is -0.453. The molecule has 7 nitrogen and oxygen atoms in total. The van der Waals surface area contributed by atoms with E-state index in [2.05, 4.69) is 5.10 Å². The van der Waals surface area contributed by atoms with E-state index in [1.165, 1.54) is 9.58 Å². The third-order valence-corrected chi connectivity index (χ3v) is 5.93. The number of aromatic amines is 1. The number of hydrogen-bond donors (Lipinski definition) is 1. The summed E-state index contributed by atoms with van der Waals surface area (Å²) in [5.74, 6) is -0.952. The van der Waals surface area contributed by atoms with Crippen molar-refractivity contribution in [3.8, 4) is 5.69 Å². The summed E-state index contributed by atoms with van der Waals surface area (Å²) >= 11 is 6.01. The fourth-order valence-electron chi connectivity index (χ4n) is 3.99. The molecule has 0 atom stereocenters. The van der Waals surface area contributed by atoms with Crippen LogP contribution in [0.4, 0.5) is 0 Å². The molecule has 33 heavy (non-hydrogen) atoms. The third-order valence-electron chi connectivity index (χ3n) is 5.68. The fraction of sp³-hybridized carbons (Fsp3) is 0.280. The van der Waals surface area contributed by atoms with Gasteiger partial charge in [-0.25, -0.2) is 4.68 Å². The van der Waals surface area contributed by atoms with Crippen molar-refractivity contribution in [2.45, 2.75) is 40.0 Å². The minimum Gasteiger partial charge on any atom is -0.294 e. The Morgan fingerprint density at radius 3 is 2.21 bits per heavy atom. The zero-order valence-corrected chi connectivity index (χ0v) is 19.8. The normalized spacial score (nSPS) is 14.2. The lowest BCUT2D eigenvalue weighted by atomic mass is 9.98. The van der Waals surface area contributed by atoms with Crippen LogP contribution in [-0.4, -0.2) is 33.0 Å². The number of carbonyl (C=O) groups is 2. The Morgan fingerprint density at radius 1 is 1.00 bits per heavy atom. The molecule has 1 N–H and O–H groups in total. The van der Waals surface area contributed by atoms with Gasteiger partial charge >= 0.3 is 5.91 Å². The van der Waals surface area contributed by atoms with E-state index in [0.717, 1.165) is 5.56 Å². The number of H-pyrrole nitrogens is 1. The van der Waals surface area contributed by atoms with Gasteiger partial charge in [-0.2, -0.15) is 4.57 Å². The standard InChI is InChI=1S/C25H25ClN4O3/c1-5-12-29-23(31)20(22(25(29)33)28-13-10-16(4)11-14-28)19-21(15(2)3)27-30(24(19)32)18-8-6-17(26)7-9-18/h6-11,13-15H,5,12H2,1-4H3/p+1. The lowest BCUT2D eigenvalue weighted by Crippen LogP contribution is -2.39. The van der Waals surface area contributed by atoms with E-state index in [1.807, 2.05) is 39.8 Å². The molecule has 0 spiro atoms. The van der Waals surface area contributed by atoms with Crippen molar-refractivity contribution in [2.75, 3.05) is 6.54 Å². The predicted octanol–water partition coefficient (Wildman–Crippen LogP) is 3.69. The van der Waals surface area contributed by atoms with Crippen LogP contribution in [0.15, 0.2) is 53.6 Å². The van der Waals surface area contributed by atoms with Gasteiger partial charge < -0.3 is 0 Å². The van der Waals surface area contributed by atoms with Gasteiger partial charge in [0.05, 0.1) is 11.3 Å². The van der Waals surface area contributed by atoms with Gasteiger partial charge in [0.25, 0.3) is 17.2 Å². The summed E-state index contributed by atoms with van der Waals surface area (Å²) < 4.78 is 3.02. The first-order valence-electron chi connectivity index (χ1n) is 10.9. The van der Waals surface area contributed by atoms with E-state index in [1.54, 1.807) is 41.2 Å². The van der Waals surface area contributed by atoms with E-state index in [-0.39, 0.29) is 34.9 Å². The lowest BCUT2D eigenvalue weighted by molar-refractivity contribution is -0.577. The number of aromatic nitrogens is 3. The first-order valence-corrected chi connectivity index (χ1v) is 11.3. The second-order valence-electron chi connectivity index (χ2n) is 8.44. The largest absolute Gasteiger partial charge is 0.326 e. The molecule has 3 heterocycles. The topological polar surface area (TPSA) is 79.1 Å². The van der Waals surface area contributed by atoms with Crippen LogP contribution in [0, 0.1) is 6.92 Å². The summed E-state index contributed by atoms with van der Waals surface area (Å²) in [7, 11) is 0. The number of nitrogens with one attached hydrogen (secondary N) is 1. The van der Waals surface area contributed by atoms with Crippen molar-refractivity contribution >= 4 is 34.7 Å². The first kappa shape index (κ1) is 22.7. The van der Waals surface area contributed by atoms with Gasteiger partial charge in [0.2, 0.25) is 0 Å². The average molecular weight is 466 g/mol. The van der Waals surface area contributed by atoms with Crippen molar-refractivity contribution in [3.63, 3.8) is 0 Å². The molecule has 0 unspecified atom stereocenters. The zero-order valence-electron chi connectivity index (χ0n) is 19.1. The Hall–Kier alpha value is -3.45. The number of rotatable bonds is 6. The van der Waals surface area contributed by atoms with Crippen LogP contribution in [-0.2, 0) is 9.59 Å². The van der Waals surface area contributed by atoms with Gasteiger partial charge in [-0.15, -0.1) is 0 Å². The minimum absolute atomic E-state index is 0.0962. The highest BCUT2D eigenvalue weighted by atomic mass is 35.5. The van der Waals surface area contributed by atoms with Crippen LogP contribution >= 0.6 is 11.6 Å². The number of pyridine rings is 1. The summed E-state index contributed by atoms with van der Waals surface area (Å²) in [6, 6.07) is 10.6. The first-order chi connectivity index (χ1) is 15.7. The van der Waals surface area contributed by atoms with Gasteiger partial charge in [-0.1, -0.05) is 32.4 Å². The van der Waals surface area contributed by atoms with Crippen molar-refractivity contribution in [2.24, 2.45) is 0 Å². The smallest absolute Gasteiger partial charge is 0.294 e. The molecule has 2 amide bonds. The summed E-state index contributed by atoms with van der Waals surface area (Å²) in [5.41, 5.74) is 2.35. The Balaban J connectivity index is 2.02. The second-order valence-corrected chi connectivity index (χ2v) is 8.88. The average Bonchev–Trinajstić information content (AvgIpc) is 3.24. The molecule has 1 aliphatic heterocycles. The monoisotopic (exact) mass is 465 g/mol. The van der Waals surface area contributed by atoms with E-state index in [4.69, 9.17) is 11.6 Å². The van der Waals surface area contributed by atoms with Crippen LogP contribution in [0.2, 0.25) is 5.02 Å². The Bertz CT molecular complexity index is 1320. The van der Waals surface area contributed by atoms with Crippen molar-refractivity contribution in [3.05, 3.63) is 81.0 Å². The quantitative estimate of drug-likeness (QED) is 0.445. The highest BCUT2D eigenvalue weighted by Gasteiger charge is 2.47. The van der Waals surface area contributed by atoms with E-state index < -0.39 is 11.8 Å². The zero-order chi connectivity index (χ0) is 23.9. The van der Waals surface area contributed by atoms with E-state index >= 15 is 0 Å². The maximum atomic E-state index is 13.7. The molecule has 0 saturated carbocycles. The van der Waals surface area contributed by atoms with Gasteiger partial charge in [-0.3, -0.25) is 24.4 Å². The van der Waals surface area contributed by atoms with Crippen LogP contribution in [0.5, 0.6) is 0 Å². The van der Waals surface area contributed by atoms with E-state index in [9.17, 15) is 14.4 Å². The summed E-state index contributed by atoms with van der Waals surface area (Å²) in [6.45, 7) is 8.00. The maximum absolute atomic E-state index is 13.7. The summed E-state index contributed by atoms with van der Waals surface area (Å²) in [4.78, 5) is 41.8. The molecule has 2 aromatic heterocycles. The molecule has 1 aromatic carbocycles. The molecule has 0 saturated heterocycles. The number of aryl methyl sites for hydroxylation is 1. The maximum Gasteiger partial charge on any atom is 0.326 e. The van der Waals surface area contributed by atoms with Crippen LogP contribution in [0.25, 0.3) is 17.0 Å². The number of benzene rings is 1. The molecule has 0 fully saturated rings. The van der Waals surface area contributed by atoms with Crippen molar-refractivity contribution < 1.29 is 14.2 Å². The number of carbonyl (C=O) groups excluding carboxylic acids is 2. The van der Waals surface area contributed by atoms with Crippen molar-refractivity contribution in [1.29, 1.82) is 0 Å². The molecule has 3 aromatic rings. The molecule has 170 valence electrons. The van der Waals surface area contributed by atoms with Crippen LogP contribution in [0.3, 0.4) is 0 Å². The number of amides is 2. The number of imide groups is 1. The van der Waals surface area contributed by atoms with Gasteiger partial charge in [0.15, 0.2) is 12.4 Å². The molecular formula is C25H26ClN4O3+. The third kappa shape index (κ3) is 3.93. The van der Waals surface area contributed by atoms with Gasteiger partial charge in [-0.05, 0) is 49.1 Å². The van der Waals surface area contributed by atoms with Gasteiger partial charge in [0.1, 0.15) is 5.57 Å². The Labute approximate surface area is 196 Å². The summed E-state index contributed by atoms with van der Waals surface area (Å²) in [6.07, 6.45) is 4.10. The number of hydrogen-bond acceptors (Lipinski definition) is 3. The molecule has 0 bridgehead atoms. The molecule has 8 heteroatoms. The second kappa shape index (κ2) is 8.83. The highest BCUT2D eigenvalue weighted by Crippen LogP contribution is 2.32. The summed E-state index contributed by atoms with van der Waals surface area (Å²) in [5, 5.41) is 3.71. The molecule has 4 rings (SSSR count). The van der Waals surface area contributed by atoms with E-state index in [0.29, 0.717) is 22.8 Å². The number of halogens is 1. The molecular weight excluding hydrogens is 440 g/mol. The van der Waals surface area contributed by atoms with Crippen LogP contribution < -0.4 is 10.1 Å². The predicted molar refractivity (Wildman–Crippen MR) is 127 cm³/mol. The Morgan fingerprint density at radius 2 is 1.64 bits per heavy atom. The Kier molecular flexibility index (Phi) is 6.08. The fourth-order valence-corrected chi connectivity index (χ4v) is 4.12. The SMILES string of the molecule is CCCN1C(=O)C(c2c(C(C)C)[nH]n(-c3ccc(Cl)cc3)c2=O)=C([n+]2ccc(C)cc2)C1=O. The molecule has 0 aliphatic carbocycles. The van der Waals surface area contributed by atoms with Crippen LogP contribution in [0.1, 0.15) is 49.9 Å². The molecule has 1 aliphatic rings. The lowest BCUT2D eigenvalue weighted by Gasteiger charge is -2.12. The highest BCUT2D eigenvalue weighted by molar-refractivity contribution is 6.44. The molecule has 0 radical (unpaired) electrons. The number of nitrogens with zero attached hydrogens (tertiary/aromatic N) is 3. The van der Waals surface area contributed by atoms with Gasteiger partial charge in [0, 0.05) is 29.4 Å².